The number of benzene rings is 1. The van der Waals surface area contributed by atoms with Crippen molar-refractivity contribution in [2.75, 3.05) is 13.2 Å². The molecule has 1 atom stereocenters. The van der Waals surface area contributed by atoms with Crippen LogP contribution in [0.3, 0.4) is 0 Å². The maximum Gasteiger partial charge on any atom is 0.460 e. The number of halogens is 17. The van der Waals surface area contributed by atoms with Crippen LogP contribution in [0.25, 0.3) is 0 Å². The first kappa shape index (κ1) is 51.2. The van der Waals surface area contributed by atoms with Crippen molar-refractivity contribution in [2.45, 2.75) is 131 Å². The van der Waals surface area contributed by atoms with Gasteiger partial charge in [0.05, 0.1) is 12.7 Å². The van der Waals surface area contributed by atoms with Crippen molar-refractivity contribution in [3.63, 3.8) is 0 Å². The fourth-order valence-electron chi connectivity index (χ4n) is 5.51. The van der Waals surface area contributed by atoms with Crippen LogP contribution in [0, 0.1) is 0 Å². The van der Waals surface area contributed by atoms with Gasteiger partial charge in [-0.25, -0.2) is 5.48 Å². The molecule has 0 saturated carbocycles. The molecule has 1 aromatic rings. The number of ether oxygens (including phenoxy) is 1. The predicted molar refractivity (Wildman–Crippen MR) is 166 cm³/mol. The molecule has 1 amide bonds. The van der Waals surface area contributed by atoms with Crippen LogP contribution in [0.4, 0.5) is 74.6 Å². The average molecular weight is 870 g/mol. The van der Waals surface area contributed by atoms with Gasteiger partial charge in [-0.2, -0.15) is 74.6 Å². The van der Waals surface area contributed by atoms with Gasteiger partial charge in [0.2, 0.25) is 0 Å². The molecular weight excluding hydrogens is 829 g/mol. The summed E-state index contributed by atoms with van der Waals surface area (Å²) < 4.78 is 245. The van der Waals surface area contributed by atoms with E-state index in [4.69, 9.17) is 14.4 Å². The van der Waals surface area contributed by atoms with Gasteiger partial charge in [-0.3, -0.25) is 10.0 Å². The topological polar surface area (TPSA) is 88.0 Å². The van der Waals surface area contributed by atoms with Crippen molar-refractivity contribution in [1.82, 2.24) is 5.48 Å². The zero-order valence-electron chi connectivity index (χ0n) is 30.1. The summed E-state index contributed by atoms with van der Waals surface area (Å²) in [7, 11) is -3.94. The van der Waals surface area contributed by atoms with E-state index in [2.05, 4.69) is 0 Å². The number of aliphatic hydroxyl groups is 1. The molecule has 0 bridgehead atoms. The van der Waals surface area contributed by atoms with E-state index in [-0.39, 0.29) is 24.4 Å². The quantitative estimate of drug-likeness (QED) is 0.0270. The third kappa shape index (κ3) is 9.87. The maximum atomic E-state index is 14.8. The molecule has 326 valence electrons. The molecule has 0 radical (unpaired) electrons. The normalized spacial score (nSPS) is 15.4. The summed E-state index contributed by atoms with van der Waals surface area (Å²) in [5, 5.41) is 19.0. The minimum Gasteiger partial charge on any atom is -0.491 e. The summed E-state index contributed by atoms with van der Waals surface area (Å²) in [6, 6.07) is 4.46. The number of unbranched alkanes of at least 4 members (excludes halogenated alkanes) is 1. The highest BCUT2D eigenvalue weighted by Crippen LogP contribution is 2.64. The Balaban J connectivity index is 3.13. The Morgan fingerprint density at radius 1 is 0.732 bits per heavy atom. The van der Waals surface area contributed by atoms with Crippen LogP contribution in [0.1, 0.15) is 72.0 Å². The van der Waals surface area contributed by atoms with Gasteiger partial charge < -0.3 is 14.3 Å². The lowest BCUT2D eigenvalue weighted by molar-refractivity contribution is -0.461. The SMILES string of the molecule is C/C(=C\CCC[C@@H](O)c1ccc(OCCO[Si](CCC(F)(F)C(F)(F)C(F)(F)C(F)(F)C(F)(F)C(F)(F)C(F)(F)C(F)(F)F)(C(C)C)C(C)C)cc1)C(=O)NO. The summed E-state index contributed by atoms with van der Waals surface area (Å²) in [6.07, 6.45) is -8.64. The summed E-state index contributed by atoms with van der Waals surface area (Å²) in [5.41, 5.74) is 0.470. The first-order chi connectivity index (χ1) is 25.1. The summed E-state index contributed by atoms with van der Waals surface area (Å²) in [6.45, 7) is 5.90. The van der Waals surface area contributed by atoms with Crippen LogP contribution in [-0.2, 0) is 9.22 Å². The zero-order valence-corrected chi connectivity index (χ0v) is 31.1. The van der Waals surface area contributed by atoms with Gasteiger partial charge in [-0.1, -0.05) is 45.9 Å². The second-order valence-corrected chi connectivity index (χ2v) is 18.5. The van der Waals surface area contributed by atoms with E-state index in [1.165, 1.54) is 64.4 Å². The highest BCUT2D eigenvalue weighted by atomic mass is 28.4. The van der Waals surface area contributed by atoms with Crippen LogP contribution >= 0.6 is 0 Å². The number of alkyl halides is 17. The van der Waals surface area contributed by atoms with E-state index in [0.29, 0.717) is 18.4 Å². The van der Waals surface area contributed by atoms with Crippen molar-refractivity contribution in [2.24, 2.45) is 0 Å². The maximum absolute atomic E-state index is 14.8. The molecule has 1 rings (SSSR count). The molecule has 0 aromatic heterocycles. The lowest BCUT2D eigenvalue weighted by atomic mass is 9.88. The summed E-state index contributed by atoms with van der Waals surface area (Å²) >= 11 is 0. The molecule has 0 aliphatic rings. The Morgan fingerprint density at radius 3 is 1.61 bits per heavy atom. The van der Waals surface area contributed by atoms with Crippen LogP contribution in [0.15, 0.2) is 35.9 Å². The second kappa shape index (κ2) is 18.0. The molecule has 24 heteroatoms. The monoisotopic (exact) mass is 869 g/mol. The number of hydrogen-bond donors (Lipinski definition) is 3. The highest BCUT2D eigenvalue weighted by Gasteiger charge is 2.95. The van der Waals surface area contributed by atoms with E-state index in [9.17, 15) is 84.5 Å². The molecule has 0 saturated heterocycles. The van der Waals surface area contributed by atoms with Gasteiger partial charge in [0.25, 0.3) is 5.91 Å². The molecule has 3 N–H and O–H groups in total. The standard InChI is InChI=1S/C32H40F17NO5Si/c1-18(2)56(19(3)4,55-16-15-54-22-12-10-21(11-13-22)23(51)9-7-6-8-20(5)24(52)50-53)17-14-25(33,34)26(35,36)27(37,38)28(39,40)29(41,42)30(43,44)31(45,46)32(47,48)49/h8,10-13,18-19,23,51,53H,6-7,9,14-17H2,1-5H3,(H,50,52)/b20-8+/t23-/m1/s1. The Hall–Kier alpha value is -2.86. The van der Waals surface area contributed by atoms with Gasteiger partial charge >= 0.3 is 47.6 Å². The first-order valence-corrected chi connectivity index (χ1v) is 18.7. The van der Waals surface area contributed by atoms with Crippen LogP contribution in [0.2, 0.25) is 17.1 Å². The van der Waals surface area contributed by atoms with E-state index in [1.54, 1.807) is 6.08 Å². The van der Waals surface area contributed by atoms with E-state index in [1.807, 2.05) is 0 Å². The zero-order chi connectivity index (χ0) is 44.1. The van der Waals surface area contributed by atoms with Gasteiger partial charge in [0.1, 0.15) is 12.4 Å². The number of hydroxylamine groups is 1. The van der Waals surface area contributed by atoms with Crippen molar-refractivity contribution < 1.29 is 98.9 Å². The van der Waals surface area contributed by atoms with E-state index in [0.717, 1.165) is 0 Å². The molecule has 0 aliphatic carbocycles. The lowest BCUT2D eigenvalue weighted by Crippen LogP contribution is -2.74. The number of carbonyl (C=O) groups excluding carboxylic acids is 1. The van der Waals surface area contributed by atoms with Crippen LogP contribution < -0.4 is 10.2 Å². The highest BCUT2D eigenvalue weighted by molar-refractivity contribution is 6.76. The number of aliphatic hydroxyl groups excluding tert-OH is 1. The van der Waals surface area contributed by atoms with Gasteiger partial charge in [-0.15, -0.1) is 0 Å². The average Bonchev–Trinajstić information content (AvgIpc) is 3.08. The Morgan fingerprint density at radius 2 is 1.18 bits per heavy atom. The lowest BCUT2D eigenvalue weighted by Gasteiger charge is -2.44. The smallest absolute Gasteiger partial charge is 0.460 e. The molecule has 1 aromatic carbocycles. The Labute approximate surface area is 310 Å². The van der Waals surface area contributed by atoms with E-state index < -0.39 is 98.1 Å². The fraction of sp³-hybridized carbons (Fsp3) is 0.719. The molecule has 56 heavy (non-hydrogen) atoms. The Kier molecular flexibility index (Phi) is 16.4. The fourth-order valence-corrected chi connectivity index (χ4v) is 9.98. The van der Waals surface area contributed by atoms with Crippen LogP contribution in [0.5, 0.6) is 5.75 Å². The third-order valence-corrected chi connectivity index (χ3v) is 14.8. The minimum atomic E-state index is -8.68. The number of carbonyl (C=O) groups is 1. The number of hydrogen-bond acceptors (Lipinski definition) is 5. The van der Waals surface area contributed by atoms with Crippen molar-refractivity contribution >= 4 is 14.2 Å². The number of amides is 1. The van der Waals surface area contributed by atoms with Gasteiger partial charge in [0, 0.05) is 12.0 Å². The first-order valence-electron chi connectivity index (χ1n) is 16.4. The summed E-state index contributed by atoms with van der Waals surface area (Å²) in [5.74, 6) is -57.2. The van der Waals surface area contributed by atoms with Gasteiger partial charge in [-0.05, 0) is 61.0 Å². The van der Waals surface area contributed by atoms with Crippen molar-refractivity contribution in [1.29, 1.82) is 0 Å². The van der Waals surface area contributed by atoms with Crippen LogP contribution in [-0.4, -0.2) is 85.4 Å². The van der Waals surface area contributed by atoms with Gasteiger partial charge in [0.15, 0.2) is 8.32 Å². The largest absolute Gasteiger partial charge is 0.491 e. The minimum absolute atomic E-state index is 0.171. The third-order valence-electron chi connectivity index (χ3n) is 9.15. The predicted octanol–water partition coefficient (Wildman–Crippen LogP) is 10.9. The van der Waals surface area contributed by atoms with E-state index >= 15 is 0 Å². The number of rotatable bonds is 22. The molecule has 0 aliphatic heterocycles. The summed E-state index contributed by atoms with van der Waals surface area (Å²) in [4.78, 5) is 11.3. The molecule has 0 unspecified atom stereocenters. The molecular formula is C32H40F17NO5Si. The molecule has 0 spiro atoms. The van der Waals surface area contributed by atoms with Crippen molar-refractivity contribution in [3.8, 4) is 5.75 Å². The molecule has 0 fully saturated rings. The Bertz CT molecular complexity index is 1460. The second-order valence-electron chi connectivity index (χ2n) is 13.5. The molecule has 6 nitrogen and oxygen atoms in total. The van der Waals surface area contributed by atoms with Crippen molar-refractivity contribution in [3.05, 3.63) is 41.5 Å². The molecule has 0 heterocycles. The number of nitrogens with one attached hydrogen (secondary N) is 1. The number of allylic oxidation sites excluding steroid dienone is 1.